The van der Waals surface area contributed by atoms with Gasteiger partial charge < -0.3 is 19.4 Å². The summed E-state index contributed by atoms with van der Waals surface area (Å²) in [6, 6.07) is 1.76. The molecule has 0 bridgehead atoms. The van der Waals surface area contributed by atoms with Crippen LogP contribution in [-0.4, -0.2) is 88.7 Å². The second-order valence-electron chi connectivity index (χ2n) is 10.1. The molecular formula is C24H36ClN5O4S. The van der Waals surface area contributed by atoms with Crippen LogP contribution in [0.4, 0.5) is 5.82 Å². The Morgan fingerprint density at radius 1 is 1.14 bits per heavy atom. The van der Waals surface area contributed by atoms with Crippen LogP contribution in [0.15, 0.2) is 11.2 Å². The first kappa shape index (κ1) is 27.5. The number of likely N-dealkylation sites (tertiary alicyclic amines) is 1. The van der Waals surface area contributed by atoms with Gasteiger partial charge in [0.05, 0.1) is 18.3 Å². The van der Waals surface area contributed by atoms with Crippen LogP contribution in [0.2, 0.25) is 5.15 Å². The van der Waals surface area contributed by atoms with Gasteiger partial charge in [-0.25, -0.2) is 9.97 Å². The number of aromatic nitrogens is 2. The van der Waals surface area contributed by atoms with E-state index in [4.69, 9.17) is 16.3 Å². The zero-order chi connectivity index (χ0) is 25.8. The number of anilines is 1. The molecule has 1 unspecified atom stereocenters. The number of nitrogens with zero attached hydrogens (tertiary/aromatic N) is 5. The summed E-state index contributed by atoms with van der Waals surface area (Å²) in [6.07, 6.45) is 1.24. The number of halogens is 1. The summed E-state index contributed by atoms with van der Waals surface area (Å²) in [5.74, 6) is 0.731. The number of piperazine rings is 1. The van der Waals surface area contributed by atoms with Gasteiger partial charge in [-0.2, -0.15) is 0 Å². The summed E-state index contributed by atoms with van der Waals surface area (Å²) < 4.78 is 5.09. The van der Waals surface area contributed by atoms with Crippen LogP contribution in [0.3, 0.4) is 0 Å². The van der Waals surface area contributed by atoms with Crippen LogP contribution in [0.1, 0.15) is 47.5 Å². The zero-order valence-corrected chi connectivity index (χ0v) is 22.8. The number of amides is 2. The first-order valence-corrected chi connectivity index (χ1v) is 13.5. The number of hydrogen-bond donors (Lipinski definition) is 0. The van der Waals surface area contributed by atoms with Gasteiger partial charge in [-0.15, -0.1) is 0 Å². The molecule has 2 aliphatic rings. The number of thioether (sulfide) groups is 1. The molecule has 0 radical (unpaired) electrons. The van der Waals surface area contributed by atoms with Gasteiger partial charge in [0.25, 0.3) is 0 Å². The van der Waals surface area contributed by atoms with Crippen LogP contribution in [-0.2, 0) is 19.1 Å². The van der Waals surface area contributed by atoms with Crippen LogP contribution in [0.25, 0.3) is 0 Å². The predicted octanol–water partition coefficient (Wildman–Crippen LogP) is 3.11. The Labute approximate surface area is 216 Å². The van der Waals surface area contributed by atoms with Crippen molar-refractivity contribution in [3.05, 3.63) is 11.2 Å². The zero-order valence-electron chi connectivity index (χ0n) is 21.3. The fourth-order valence-corrected chi connectivity index (χ4v) is 5.34. The molecule has 2 saturated heterocycles. The first-order valence-electron chi connectivity index (χ1n) is 12.2. The van der Waals surface area contributed by atoms with Gasteiger partial charge in [-0.05, 0) is 26.7 Å². The molecule has 2 fully saturated rings. The second-order valence-corrected chi connectivity index (χ2v) is 11.4. The Morgan fingerprint density at radius 2 is 1.83 bits per heavy atom. The molecule has 0 aliphatic carbocycles. The van der Waals surface area contributed by atoms with Crippen LogP contribution in [0.5, 0.6) is 0 Å². The van der Waals surface area contributed by atoms with E-state index in [1.165, 1.54) is 11.8 Å². The lowest BCUT2D eigenvalue weighted by molar-refractivity contribution is -0.151. The third kappa shape index (κ3) is 7.22. The van der Waals surface area contributed by atoms with Crippen molar-refractivity contribution in [3.63, 3.8) is 0 Å². The maximum absolute atomic E-state index is 12.7. The Morgan fingerprint density at radius 3 is 2.43 bits per heavy atom. The minimum atomic E-state index is -0.418. The predicted molar refractivity (Wildman–Crippen MR) is 137 cm³/mol. The molecule has 0 N–H and O–H groups in total. The molecule has 0 saturated carbocycles. The minimum Gasteiger partial charge on any atom is -0.466 e. The van der Waals surface area contributed by atoms with E-state index in [1.807, 2.05) is 32.6 Å². The van der Waals surface area contributed by atoms with Crippen molar-refractivity contribution in [2.24, 2.45) is 11.3 Å². The average Bonchev–Trinajstić information content (AvgIpc) is 2.81. The summed E-state index contributed by atoms with van der Waals surface area (Å²) in [6.45, 7) is 13.0. The third-order valence-corrected chi connectivity index (χ3v) is 7.33. The fraction of sp³-hybridized carbons (Fsp3) is 0.708. The van der Waals surface area contributed by atoms with Crippen molar-refractivity contribution >= 4 is 47.0 Å². The van der Waals surface area contributed by atoms with E-state index in [1.54, 1.807) is 17.9 Å². The van der Waals surface area contributed by atoms with E-state index in [2.05, 4.69) is 14.9 Å². The SMILES string of the molecule is CCOC(=O)C1CCN(C(=O)CSc2nc(Cl)cc(N3CCN(C(=O)C(C)(C)C)C(C)C3)n2)CC1. The number of esters is 1. The molecule has 0 spiro atoms. The maximum atomic E-state index is 12.7. The molecular weight excluding hydrogens is 490 g/mol. The standard InChI is InChI=1S/C24H36ClN5O4S/c1-6-34-21(32)17-7-9-28(10-8-17)20(31)15-35-23-26-18(25)13-19(27-23)29-11-12-30(16(2)14-29)22(33)24(3,4)5/h13,16-17H,6-12,14-15H2,1-5H3. The lowest BCUT2D eigenvalue weighted by Gasteiger charge is -2.42. The van der Waals surface area contributed by atoms with E-state index < -0.39 is 5.41 Å². The smallest absolute Gasteiger partial charge is 0.309 e. The van der Waals surface area contributed by atoms with E-state index in [0.29, 0.717) is 68.3 Å². The Hall–Kier alpha value is -2.07. The van der Waals surface area contributed by atoms with E-state index in [-0.39, 0.29) is 35.5 Å². The highest BCUT2D eigenvalue weighted by atomic mass is 35.5. The largest absolute Gasteiger partial charge is 0.466 e. The molecule has 0 aromatic carbocycles. The molecule has 9 nitrogen and oxygen atoms in total. The summed E-state index contributed by atoms with van der Waals surface area (Å²) in [4.78, 5) is 52.1. The lowest BCUT2D eigenvalue weighted by atomic mass is 9.93. The number of carbonyl (C=O) groups excluding carboxylic acids is 3. The van der Waals surface area contributed by atoms with Crippen molar-refractivity contribution in [2.45, 2.75) is 58.7 Å². The molecule has 1 aromatic heterocycles. The number of rotatable bonds is 6. The topological polar surface area (TPSA) is 95.9 Å². The van der Waals surface area contributed by atoms with Gasteiger partial charge in [0.1, 0.15) is 11.0 Å². The van der Waals surface area contributed by atoms with Crippen LogP contribution in [0, 0.1) is 11.3 Å². The average molecular weight is 526 g/mol. The normalized spacial score (nSPS) is 19.6. The highest BCUT2D eigenvalue weighted by Gasteiger charge is 2.34. The minimum absolute atomic E-state index is 0.00892. The molecule has 2 amide bonds. The number of piperidine rings is 1. The highest BCUT2D eigenvalue weighted by molar-refractivity contribution is 7.99. The van der Waals surface area contributed by atoms with Gasteiger partial charge in [-0.1, -0.05) is 44.1 Å². The Kier molecular flexibility index (Phi) is 9.26. The summed E-state index contributed by atoms with van der Waals surface area (Å²) in [5, 5.41) is 0.768. The Bertz CT molecular complexity index is 933. The van der Waals surface area contributed by atoms with E-state index in [9.17, 15) is 14.4 Å². The van der Waals surface area contributed by atoms with Gasteiger partial charge in [0.15, 0.2) is 5.16 Å². The number of carbonyl (C=O) groups is 3. The molecule has 194 valence electrons. The van der Waals surface area contributed by atoms with Gasteiger partial charge in [0, 0.05) is 50.2 Å². The van der Waals surface area contributed by atoms with Gasteiger partial charge in [0.2, 0.25) is 11.8 Å². The van der Waals surface area contributed by atoms with E-state index >= 15 is 0 Å². The molecule has 35 heavy (non-hydrogen) atoms. The second kappa shape index (κ2) is 11.8. The fourth-order valence-electron chi connectivity index (χ4n) is 4.35. The Balaban J connectivity index is 1.55. The first-order chi connectivity index (χ1) is 16.5. The summed E-state index contributed by atoms with van der Waals surface area (Å²) in [7, 11) is 0. The van der Waals surface area contributed by atoms with Crippen molar-refractivity contribution in [1.29, 1.82) is 0 Å². The monoisotopic (exact) mass is 525 g/mol. The quantitative estimate of drug-likeness (QED) is 0.242. The van der Waals surface area contributed by atoms with Gasteiger partial charge in [-0.3, -0.25) is 14.4 Å². The maximum Gasteiger partial charge on any atom is 0.309 e. The van der Waals surface area contributed by atoms with Gasteiger partial charge >= 0.3 is 5.97 Å². The van der Waals surface area contributed by atoms with Crippen LogP contribution >= 0.6 is 23.4 Å². The lowest BCUT2D eigenvalue weighted by Crippen LogP contribution is -2.56. The van der Waals surface area contributed by atoms with Crippen LogP contribution < -0.4 is 4.90 Å². The molecule has 3 heterocycles. The third-order valence-electron chi connectivity index (χ3n) is 6.31. The molecule has 1 aromatic rings. The number of hydrogen-bond acceptors (Lipinski definition) is 8. The molecule has 11 heteroatoms. The van der Waals surface area contributed by atoms with Crippen molar-refractivity contribution in [2.75, 3.05) is 50.0 Å². The summed E-state index contributed by atoms with van der Waals surface area (Å²) >= 11 is 7.54. The van der Waals surface area contributed by atoms with Crippen molar-refractivity contribution in [3.8, 4) is 0 Å². The molecule has 1 atom stereocenters. The van der Waals surface area contributed by atoms with Crippen molar-refractivity contribution in [1.82, 2.24) is 19.8 Å². The highest BCUT2D eigenvalue weighted by Crippen LogP contribution is 2.27. The van der Waals surface area contributed by atoms with Crippen molar-refractivity contribution < 1.29 is 19.1 Å². The summed E-state index contributed by atoms with van der Waals surface area (Å²) in [5.41, 5.74) is -0.418. The molecule has 3 rings (SSSR count). The van der Waals surface area contributed by atoms with E-state index in [0.717, 1.165) is 0 Å². The number of ether oxygens (including phenoxy) is 1. The molecule has 2 aliphatic heterocycles.